The average Bonchev–Trinajstić information content (AvgIpc) is 3.26. The molecule has 0 bridgehead atoms. The molecule has 0 radical (unpaired) electrons. The molecule has 2 amide bonds. The van der Waals surface area contributed by atoms with Crippen LogP contribution in [0.4, 0.5) is 16.4 Å². The number of aryl methyl sites for hydroxylation is 1. The number of benzene rings is 1. The van der Waals surface area contributed by atoms with Crippen molar-refractivity contribution in [1.29, 1.82) is 0 Å². The lowest BCUT2D eigenvalue weighted by atomic mass is 10.1. The fraction of sp³-hybridized carbons (Fsp3) is 0.167. The van der Waals surface area contributed by atoms with Crippen molar-refractivity contribution in [1.82, 2.24) is 4.37 Å². The Kier molecular flexibility index (Phi) is 5.72. The number of carbonyl (C=O) groups is 2. The zero-order valence-corrected chi connectivity index (χ0v) is 16.2. The van der Waals surface area contributed by atoms with Crippen LogP contribution in [0.1, 0.15) is 20.9 Å². The minimum absolute atomic E-state index is 0.348. The van der Waals surface area contributed by atoms with Gasteiger partial charge in [0.2, 0.25) is 5.91 Å². The van der Waals surface area contributed by atoms with Crippen molar-refractivity contribution in [2.75, 3.05) is 10.6 Å². The molecule has 2 heterocycles. The van der Waals surface area contributed by atoms with Gasteiger partial charge in [-0.1, -0.05) is 6.07 Å². The molecule has 6 N–H and O–H groups in total. The lowest BCUT2D eigenvalue weighted by Crippen LogP contribution is -2.37. The van der Waals surface area contributed by atoms with E-state index in [2.05, 4.69) is 15.0 Å². The van der Waals surface area contributed by atoms with Gasteiger partial charge < -0.3 is 22.1 Å². The Bertz CT molecular complexity index is 953. The SMILES string of the molecule is Cc1cc(Nc2cc(NC(Cc3cccs3)C(N)=O)ccc2C(N)=O)sn1. The summed E-state index contributed by atoms with van der Waals surface area (Å²) in [4.78, 5) is 24.7. The summed E-state index contributed by atoms with van der Waals surface area (Å²) in [5, 5.41) is 9.05. The van der Waals surface area contributed by atoms with Crippen LogP contribution in [0.3, 0.4) is 0 Å². The zero-order valence-electron chi connectivity index (χ0n) is 14.6. The second kappa shape index (κ2) is 8.19. The molecule has 3 aromatic rings. The molecule has 1 unspecified atom stereocenters. The van der Waals surface area contributed by atoms with Crippen LogP contribution in [-0.4, -0.2) is 22.2 Å². The van der Waals surface area contributed by atoms with E-state index in [1.54, 1.807) is 29.5 Å². The largest absolute Gasteiger partial charge is 0.373 e. The normalized spacial score (nSPS) is 11.7. The molecule has 0 spiro atoms. The van der Waals surface area contributed by atoms with Gasteiger partial charge in [-0.3, -0.25) is 9.59 Å². The highest BCUT2D eigenvalue weighted by Crippen LogP contribution is 2.28. The second-order valence-corrected chi connectivity index (χ2v) is 7.80. The molecule has 3 rings (SSSR count). The molecule has 7 nitrogen and oxygen atoms in total. The predicted octanol–water partition coefficient (Wildman–Crippen LogP) is 2.86. The lowest BCUT2D eigenvalue weighted by Gasteiger charge is -2.18. The quantitative estimate of drug-likeness (QED) is 0.462. The number of carbonyl (C=O) groups excluding carboxylic acids is 2. The van der Waals surface area contributed by atoms with Gasteiger partial charge in [0.15, 0.2) is 0 Å². The van der Waals surface area contributed by atoms with E-state index in [-0.39, 0.29) is 0 Å². The maximum atomic E-state index is 11.9. The number of rotatable bonds is 8. The van der Waals surface area contributed by atoms with Crippen molar-refractivity contribution in [3.63, 3.8) is 0 Å². The number of nitrogens with one attached hydrogen (secondary N) is 2. The van der Waals surface area contributed by atoms with Crippen LogP contribution in [0.15, 0.2) is 41.8 Å². The summed E-state index contributed by atoms with van der Waals surface area (Å²) >= 11 is 2.85. The summed E-state index contributed by atoms with van der Waals surface area (Å²) in [7, 11) is 0. The second-order valence-electron chi connectivity index (χ2n) is 5.96. The standard InChI is InChI=1S/C18H19N5O2S2/c1-10-7-16(27-23-10)22-14-8-11(4-5-13(14)17(19)24)21-15(18(20)25)9-12-3-2-6-26-12/h2-8,15,21-22H,9H2,1H3,(H2,19,24)(H2,20,25). The highest BCUT2D eigenvalue weighted by molar-refractivity contribution is 7.10. The van der Waals surface area contributed by atoms with E-state index in [9.17, 15) is 9.59 Å². The van der Waals surface area contributed by atoms with E-state index in [0.717, 1.165) is 15.6 Å². The van der Waals surface area contributed by atoms with E-state index in [0.29, 0.717) is 23.4 Å². The van der Waals surface area contributed by atoms with Gasteiger partial charge in [-0.25, -0.2) is 0 Å². The average molecular weight is 402 g/mol. The van der Waals surface area contributed by atoms with Gasteiger partial charge in [0, 0.05) is 17.0 Å². The topological polar surface area (TPSA) is 123 Å². The maximum Gasteiger partial charge on any atom is 0.250 e. The number of primary amides is 2. The van der Waals surface area contributed by atoms with Crippen LogP contribution in [0.2, 0.25) is 0 Å². The smallest absolute Gasteiger partial charge is 0.250 e. The van der Waals surface area contributed by atoms with E-state index in [4.69, 9.17) is 11.5 Å². The number of amides is 2. The molecule has 27 heavy (non-hydrogen) atoms. The number of aromatic nitrogens is 1. The van der Waals surface area contributed by atoms with Crippen molar-refractivity contribution in [3.05, 3.63) is 57.9 Å². The maximum absolute atomic E-state index is 11.9. The van der Waals surface area contributed by atoms with Gasteiger partial charge in [-0.05, 0) is 54.2 Å². The Balaban J connectivity index is 1.85. The molecular formula is C18H19N5O2S2. The summed E-state index contributed by atoms with van der Waals surface area (Å²) in [6, 6.07) is 10.2. The number of hydrogen-bond donors (Lipinski definition) is 4. The number of hydrogen-bond acceptors (Lipinski definition) is 7. The lowest BCUT2D eigenvalue weighted by molar-refractivity contribution is -0.118. The van der Waals surface area contributed by atoms with Gasteiger partial charge >= 0.3 is 0 Å². The van der Waals surface area contributed by atoms with Crippen molar-refractivity contribution in [3.8, 4) is 0 Å². The zero-order chi connectivity index (χ0) is 19.4. The van der Waals surface area contributed by atoms with Crippen LogP contribution in [-0.2, 0) is 11.2 Å². The highest BCUT2D eigenvalue weighted by Gasteiger charge is 2.18. The Morgan fingerprint density at radius 1 is 1.22 bits per heavy atom. The van der Waals surface area contributed by atoms with Crippen LogP contribution < -0.4 is 22.1 Å². The van der Waals surface area contributed by atoms with Gasteiger partial charge in [0.25, 0.3) is 5.91 Å². The van der Waals surface area contributed by atoms with E-state index < -0.39 is 17.9 Å². The molecule has 0 saturated heterocycles. The Morgan fingerprint density at radius 3 is 2.63 bits per heavy atom. The Labute approximate surface area is 164 Å². The first-order chi connectivity index (χ1) is 12.9. The first-order valence-corrected chi connectivity index (χ1v) is 9.80. The number of nitrogens with two attached hydrogens (primary N) is 2. The van der Waals surface area contributed by atoms with Gasteiger partial charge in [-0.2, -0.15) is 4.37 Å². The van der Waals surface area contributed by atoms with Crippen molar-refractivity contribution >= 4 is 51.1 Å². The summed E-state index contributed by atoms with van der Waals surface area (Å²) in [6.07, 6.45) is 0.487. The van der Waals surface area contributed by atoms with Crippen LogP contribution in [0.5, 0.6) is 0 Å². The first kappa shape index (κ1) is 18.9. The van der Waals surface area contributed by atoms with E-state index in [1.807, 2.05) is 30.5 Å². The molecule has 1 aromatic carbocycles. The third-order valence-electron chi connectivity index (χ3n) is 3.84. The van der Waals surface area contributed by atoms with Crippen molar-refractivity contribution < 1.29 is 9.59 Å². The third kappa shape index (κ3) is 4.83. The van der Waals surface area contributed by atoms with Crippen LogP contribution in [0.25, 0.3) is 0 Å². The van der Waals surface area contributed by atoms with Gasteiger partial charge in [0.05, 0.1) is 16.9 Å². The molecule has 140 valence electrons. The summed E-state index contributed by atoms with van der Waals surface area (Å²) in [5.41, 5.74) is 13.4. The van der Waals surface area contributed by atoms with Crippen molar-refractivity contribution in [2.45, 2.75) is 19.4 Å². The molecule has 0 saturated carbocycles. The summed E-state index contributed by atoms with van der Waals surface area (Å²) < 4.78 is 4.21. The monoisotopic (exact) mass is 401 g/mol. The van der Waals surface area contributed by atoms with Gasteiger partial charge in [-0.15, -0.1) is 11.3 Å². The molecule has 2 aromatic heterocycles. The molecular weight excluding hydrogens is 382 g/mol. The fourth-order valence-corrected chi connectivity index (χ4v) is 3.99. The molecule has 0 aliphatic rings. The molecule has 0 aliphatic carbocycles. The molecule has 0 aliphatic heterocycles. The minimum Gasteiger partial charge on any atom is -0.373 e. The minimum atomic E-state index is -0.568. The Morgan fingerprint density at radius 2 is 2.04 bits per heavy atom. The summed E-state index contributed by atoms with van der Waals surface area (Å²) in [5.74, 6) is -0.995. The van der Waals surface area contributed by atoms with Crippen LogP contribution >= 0.6 is 22.9 Å². The predicted molar refractivity (Wildman–Crippen MR) is 110 cm³/mol. The van der Waals surface area contributed by atoms with E-state index in [1.165, 1.54) is 11.5 Å². The van der Waals surface area contributed by atoms with Crippen molar-refractivity contribution in [2.24, 2.45) is 11.5 Å². The molecule has 0 fully saturated rings. The summed E-state index contributed by atoms with van der Waals surface area (Å²) in [6.45, 7) is 1.89. The van der Waals surface area contributed by atoms with Gasteiger partial charge in [0.1, 0.15) is 11.0 Å². The molecule has 9 heteroatoms. The molecule has 1 atom stereocenters. The van der Waals surface area contributed by atoms with Crippen LogP contribution in [0, 0.1) is 6.92 Å². The number of thiophene rings is 1. The first-order valence-electron chi connectivity index (χ1n) is 8.15. The van der Waals surface area contributed by atoms with E-state index >= 15 is 0 Å². The number of anilines is 3. The third-order valence-corrected chi connectivity index (χ3v) is 5.54. The Hall–Kier alpha value is -2.91. The number of nitrogens with zero attached hydrogens (tertiary/aromatic N) is 1. The highest BCUT2D eigenvalue weighted by atomic mass is 32.1. The fourth-order valence-electron chi connectivity index (χ4n) is 2.56.